The first kappa shape index (κ1) is 11.8. The molecule has 1 aliphatic rings. The molecule has 90 valence electrons. The van der Waals surface area contributed by atoms with Gasteiger partial charge in [-0.2, -0.15) is 0 Å². The van der Waals surface area contributed by atoms with Crippen molar-refractivity contribution >= 4 is 17.3 Å². The van der Waals surface area contributed by atoms with Gasteiger partial charge in [-0.05, 0) is 11.6 Å². The van der Waals surface area contributed by atoms with Gasteiger partial charge in [0.25, 0.3) is 0 Å². The molecule has 0 aliphatic carbocycles. The van der Waals surface area contributed by atoms with E-state index in [2.05, 4.69) is 16.4 Å². The molecule has 1 N–H and O–H groups in total. The Balaban J connectivity index is 1.94. The van der Waals surface area contributed by atoms with Gasteiger partial charge in [0, 0.05) is 17.5 Å². The molecule has 17 heavy (non-hydrogen) atoms. The van der Waals surface area contributed by atoms with Gasteiger partial charge >= 0.3 is 0 Å². The molecule has 0 spiro atoms. The molecule has 1 amide bonds. The summed E-state index contributed by atoms with van der Waals surface area (Å²) in [6.07, 6.45) is 0.848. The predicted octanol–water partition coefficient (Wildman–Crippen LogP) is 2.48. The molecule has 1 aromatic carbocycles. The maximum Gasteiger partial charge on any atom is 0.225 e. The first-order chi connectivity index (χ1) is 7.97. The number of hydrogen-bond acceptors (Lipinski definition) is 2. The quantitative estimate of drug-likeness (QED) is 0.833. The van der Waals surface area contributed by atoms with Gasteiger partial charge in [-0.25, -0.2) is 0 Å². The summed E-state index contributed by atoms with van der Waals surface area (Å²) in [5.74, 6) is 0.0659. The highest BCUT2D eigenvalue weighted by Gasteiger charge is 2.22. The number of rotatable bonds is 2. The number of carbonyl (C=O) groups excluding carboxylic acids is 1. The Morgan fingerprint density at radius 1 is 1.35 bits per heavy atom. The Bertz CT molecular complexity index is 469. The van der Waals surface area contributed by atoms with Gasteiger partial charge in [0.1, 0.15) is 0 Å². The van der Waals surface area contributed by atoms with Crippen LogP contribution in [-0.4, -0.2) is 18.2 Å². The van der Waals surface area contributed by atoms with Crippen LogP contribution in [0.25, 0.3) is 0 Å². The van der Waals surface area contributed by atoms with Crippen LogP contribution >= 0.6 is 0 Å². The lowest BCUT2D eigenvalue weighted by molar-refractivity contribution is -0.128. The second-order valence-electron chi connectivity index (χ2n) is 5.42. The minimum absolute atomic E-state index is 0.0659. The smallest absolute Gasteiger partial charge is 0.225 e. The molecule has 0 aromatic heterocycles. The van der Waals surface area contributed by atoms with Gasteiger partial charge in [0.05, 0.1) is 12.2 Å². The SMILES string of the molecule is CC(C)(C)C(=O)NCC1=Nc2ccccc2C1. The molecule has 0 atom stereocenters. The number of aliphatic imine (C=N–C) groups is 1. The summed E-state index contributed by atoms with van der Waals surface area (Å²) < 4.78 is 0. The van der Waals surface area contributed by atoms with Crippen LogP contribution in [0.15, 0.2) is 29.3 Å². The van der Waals surface area contributed by atoms with Crippen molar-refractivity contribution in [2.24, 2.45) is 10.4 Å². The van der Waals surface area contributed by atoms with Gasteiger partial charge in [-0.3, -0.25) is 9.79 Å². The summed E-state index contributed by atoms with van der Waals surface area (Å²) in [7, 11) is 0. The van der Waals surface area contributed by atoms with Crippen molar-refractivity contribution in [1.82, 2.24) is 5.32 Å². The monoisotopic (exact) mass is 230 g/mol. The largest absolute Gasteiger partial charge is 0.350 e. The third-order valence-corrected chi connectivity index (χ3v) is 2.80. The predicted molar refractivity (Wildman–Crippen MR) is 69.7 cm³/mol. The molecule has 2 rings (SSSR count). The number of para-hydroxylation sites is 1. The van der Waals surface area contributed by atoms with Crippen molar-refractivity contribution in [3.8, 4) is 0 Å². The highest BCUT2D eigenvalue weighted by molar-refractivity contribution is 5.97. The minimum atomic E-state index is -0.341. The second kappa shape index (κ2) is 4.32. The lowest BCUT2D eigenvalue weighted by Crippen LogP contribution is -2.37. The second-order valence-corrected chi connectivity index (χ2v) is 5.42. The standard InChI is InChI=1S/C14H18N2O/c1-14(2,3)13(17)15-9-11-8-10-6-4-5-7-12(10)16-11/h4-7H,8-9H2,1-3H3,(H,15,17). The number of hydrogen-bond donors (Lipinski definition) is 1. The molecule has 0 radical (unpaired) electrons. The van der Waals surface area contributed by atoms with Crippen LogP contribution in [0.5, 0.6) is 0 Å². The molecule has 0 saturated carbocycles. The van der Waals surface area contributed by atoms with Crippen molar-refractivity contribution < 1.29 is 4.79 Å². The zero-order valence-electron chi connectivity index (χ0n) is 10.6. The van der Waals surface area contributed by atoms with Gasteiger partial charge in [0.15, 0.2) is 0 Å². The zero-order valence-corrected chi connectivity index (χ0v) is 10.6. The number of carbonyl (C=O) groups is 1. The summed E-state index contributed by atoms with van der Waals surface area (Å²) >= 11 is 0. The van der Waals surface area contributed by atoms with Crippen LogP contribution < -0.4 is 5.32 Å². The van der Waals surface area contributed by atoms with Gasteiger partial charge in [-0.15, -0.1) is 0 Å². The van der Waals surface area contributed by atoms with Crippen molar-refractivity contribution in [3.63, 3.8) is 0 Å². The van der Waals surface area contributed by atoms with E-state index >= 15 is 0 Å². The molecule has 3 nitrogen and oxygen atoms in total. The number of fused-ring (bicyclic) bond motifs is 1. The summed E-state index contributed by atoms with van der Waals surface area (Å²) in [4.78, 5) is 16.2. The minimum Gasteiger partial charge on any atom is -0.350 e. The molecule has 3 heteroatoms. The van der Waals surface area contributed by atoms with E-state index in [-0.39, 0.29) is 11.3 Å². The van der Waals surface area contributed by atoms with E-state index in [0.717, 1.165) is 17.8 Å². The normalized spacial score (nSPS) is 14.2. The molecule has 0 fully saturated rings. The fourth-order valence-electron chi connectivity index (χ4n) is 1.75. The van der Waals surface area contributed by atoms with Crippen molar-refractivity contribution in [2.75, 3.05) is 6.54 Å². The van der Waals surface area contributed by atoms with Gasteiger partial charge in [-0.1, -0.05) is 39.0 Å². The van der Waals surface area contributed by atoms with Crippen LogP contribution in [-0.2, 0) is 11.2 Å². The van der Waals surface area contributed by atoms with Gasteiger partial charge in [0.2, 0.25) is 5.91 Å². The molecular weight excluding hydrogens is 212 g/mol. The summed E-state index contributed by atoms with van der Waals surface area (Å²) in [6, 6.07) is 8.09. The molecule has 0 saturated heterocycles. The van der Waals surface area contributed by atoms with Crippen molar-refractivity contribution in [1.29, 1.82) is 0 Å². The average Bonchev–Trinajstić information content (AvgIpc) is 2.66. The van der Waals surface area contributed by atoms with Crippen LogP contribution in [0, 0.1) is 5.41 Å². The molecule has 1 aromatic rings. The number of nitrogens with one attached hydrogen (secondary N) is 1. The number of nitrogens with zero attached hydrogens (tertiary/aromatic N) is 1. The molecular formula is C14H18N2O. The Morgan fingerprint density at radius 2 is 2.06 bits per heavy atom. The van der Waals surface area contributed by atoms with Crippen LogP contribution in [0.2, 0.25) is 0 Å². The summed E-state index contributed by atoms with van der Waals surface area (Å²) in [5, 5.41) is 2.93. The Labute approximate surface area is 102 Å². The van der Waals surface area contributed by atoms with E-state index in [1.165, 1.54) is 5.56 Å². The van der Waals surface area contributed by atoms with Crippen molar-refractivity contribution in [3.05, 3.63) is 29.8 Å². The highest BCUT2D eigenvalue weighted by atomic mass is 16.2. The Morgan fingerprint density at radius 3 is 2.71 bits per heavy atom. The molecule has 0 bridgehead atoms. The van der Waals surface area contributed by atoms with Gasteiger partial charge < -0.3 is 5.32 Å². The average molecular weight is 230 g/mol. The number of benzene rings is 1. The van der Waals surface area contributed by atoms with E-state index in [1.54, 1.807) is 0 Å². The van der Waals surface area contributed by atoms with E-state index in [1.807, 2.05) is 39.0 Å². The Hall–Kier alpha value is -1.64. The lowest BCUT2D eigenvalue weighted by Gasteiger charge is -2.17. The third kappa shape index (κ3) is 2.73. The summed E-state index contributed by atoms with van der Waals surface area (Å²) in [5.41, 5.74) is 2.97. The van der Waals surface area contributed by atoms with E-state index in [9.17, 15) is 4.79 Å². The third-order valence-electron chi connectivity index (χ3n) is 2.80. The molecule has 0 unspecified atom stereocenters. The maximum atomic E-state index is 11.7. The van der Waals surface area contributed by atoms with E-state index < -0.39 is 0 Å². The maximum absolute atomic E-state index is 11.7. The molecule has 1 aliphatic heterocycles. The number of amides is 1. The van der Waals surface area contributed by atoms with Crippen LogP contribution in [0.1, 0.15) is 26.3 Å². The lowest BCUT2D eigenvalue weighted by atomic mass is 9.95. The van der Waals surface area contributed by atoms with Crippen LogP contribution in [0.3, 0.4) is 0 Å². The fraction of sp³-hybridized carbons (Fsp3) is 0.429. The van der Waals surface area contributed by atoms with E-state index in [4.69, 9.17) is 0 Å². The zero-order chi connectivity index (χ0) is 12.5. The summed E-state index contributed by atoms with van der Waals surface area (Å²) in [6.45, 7) is 6.28. The first-order valence-electron chi connectivity index (χ1n) is 5.89. The van der Waals surface area contributed by atoms with E-state index in [0.29, 0.717) is 6.54 Å². The first-order valence-corrected chi connectivity index (χ1v) is 5.89. The topological polar surface area (TPSA) is 41.5 Å². The van der Waals surface area contributed by atoms with Crippen LogP contribution in [0.4, 0.5) is 5.69 Å². The fourth-order valence-corrected chi connectivity index (χ4v) is 1.75. The highest BCUT2D eigenvalue weighted by Crippen LogP contribution is 2.25. The Kier molecular flexibility index (Phi) is 3.01. The van der Waals surface area contributed by atoms with Crippen molar-refractivity contribution in [2.45, 2.75) is 27.2 Å². The molecule has 1 heterocycles.